The number of amides is 1. The van der Waals surface area contributed by atoms with Crippen molar-refractivity contribution in [1.29, 1.82) is 0 Å². The highest BCUT2D eigenvalue weighted by atomic mass is 35.5. The molecule has 0 N–H and O–H groups in total. The van der Waals surface area contributed by atoms with E-state index in [4.69, 9.17) is 16.3 Å². The maximum atomic E-state index is 12.9. The average molecular weight is 395 g/mol. The van der Waals surface area contributed by atoms with E-state index in [9.17, 15) is 9.18 Å². The van der Waals surface area contributed by atoms with Gasteiger partial charge in [-0.25, -0.2) is 4.39 Å². The predicted molar refractivity (Wildman–Crippen MR) is 103 cm³/mol. The molecule has 0 unspecified atom stereocenters. The Morgan fingerprint density at radius 3 is 2.56 bits per heavy atom. The summed E-state index contributed by atoms with van der Waals surface area (Å²) in [5.41, 5.74) is 3.10. The number of ether oxygens (including phenoxy) is 1. The van der Waals surface area contributed by atoms with E-state index >= 15 is 0 Å². The van der Waals surface area contributed by atoms with E-state index in [0.717, 1.165) is 24.5 Å². The van der Waals surface area contributed by atoms with Gasteiger partial charge >= 0.3 is 0 Å². The Bertz CT molecular complexity index is 831. The summed E-state index contributed by atoms with van der Waals surface area (Å²) in [6.45, 7) is 5.88. The minimum Gasteiger partial charge on any atom is -0.497 e. The molecule has 2 aromatic rings. The summed E-state index contributed by atoms with van der Waals surface area (Å²) in [5, 5.41) is 4.39. The molecular weight excluding hydrogens is 371 g/mol. The molecule has 1 fully saturated rings. The minimum absolute atomic E-state index is 0.0373. The Kier molecular flexibility index (Phi) is 5.89. The molecule has 1 aliphatic rings. The van der Waals surface area contributed by atoms with Crippen molar-refractivity contribution < 1.29 is 13.9 Å². The largest absolute Gasteiger partial charge is 0.497 e. The fourth-order valence-corrected chi connectivity index (χ4v) is 3.49. The third-order valence-corrected chi connectivity index (χ3v) is 5.49. The number of carbonyl (C=O) groups is 1. The predicted octanol–water partition coefficient (Wildman–Crippen LogP) is 2.98. The molecular formula is C19H24ClFN4O2. The number of aryl methyl sites for hydroxylation is 1. The topological polar surface area (TPSA) is 50.6 Å². The average Bonchev–Trinajstić information content (AvgIpc) is 2.96. The molecule has 3 rings (SSSR count). The second kappa shape index (κ2) is 8.17. The third-order valence-electron chi connectivity index (χ3n) is 5.00. The Labute approximate surface area is 163 Å². The lowest BCUT2D eigenvalue weighted by Gasteiger charge is -2.37. The quantitative estimate of drug-likeness (QED) is 0.782. The molecule has 0 saturated carbocycles. The molecule has 1 saturated heterocycles. The van der Waals surface area contributed by atoms with Gasteiger partial charge in [0.05, 0.1) is 17.8 Å². The van der Waals surface area contributed by atoms with E-state index in [2.05, 4.69) is 16.9 Å². The molecule has 6 nitrogen and oxygen atoms in total. The number of alkyl halides is 1. The summed E-state index contributed by atoms with van der Waals surface area (Å²) in [5.74, 6) is 0.786. The second-order valence-corrected chi connectivity index (χ2v) is 7.04. The third kappa shape index (κ3) is 4.03. The van der Waals surface area contributed by atoms with Crippen LogP contribution in [0.25, 0.3) is 0 Å². The number of piperazine rings is 1. The first-order chi connectivity index (χ1) is 12.9. The molecule has 0 radical (unpaired) electrons. The zero-order chi connectivity index (χ0) is 19.6. The number of aromatic nitrogens is 2. The van der Waals surface area contributed by atoms with E-state index in [0.29, 0.717) is 23.8 Å². The Hall–Kier alpha value is -2.28. The molecule has 1 aromatic carbocycles. The molecule has 1 aromatic heterocycles. The first kappa shape index (κ1) is 19.5. The number of hydrogen-bond donors (Lipinski definition) is 0. The van der Waals surface area contributed by atoms with E-state index in [-0.39, 0.29) is 18.1 Å². The molecule has 8 heteroatoms. The van der Waals surface area contributed by atoms with Gasteiger partial charge in [0.25, 0.3) is 0 Å². The highest BCUT2D eigenvalue weighted by molar-refractivity contribution is 6.31. The normalized spacial score (nSPS) is 14.6. The number of anilines is 1. The highest BCUT2D eigenvalue weighted by Crippen LogP contribution is 2.26. The van der Waals surface area contributed by atoms with E-state index in [1.807, 2.05) is 23.1 Å². The van der Waals surface area contributed by atoms with Crippen molar-refractivity contribution in [2.24, 2.45) is 0 Å². The van der Waals surface area contributed by atoms with Gasteiger partial charge in [0.2, 0.25) is 5.91 Å². The Balaban J connectivity index is 1.63. The summed E-state index contributed by atoms with van der Waals surface area (Å²) in [6.07, 6.45) is 0. The maximum Gasteiger partial charge on any atom is 0.244 e. The molecule has 146 valence electrons. The molecule has 0 aliphatic carbocycles. The lowest BCUT2D eigenvalue weighted by Crippen LogP contribution is -2.49. The van der Waals surface area contributed by atoms with Crippen LogP contribution in [0.3, 0.4) is 0 Å². The van der Waals surface area contributed by atoms with Gasteiger partial charge in [-0.05, 0) is 25.5 Å². The van der Waals surface area contributed by atoms with Crippen LogP contribution < -0.4 is 9.64 Å². The fourth-order valence-electron chi connectivity index (χ4n) is 3.31. The smallest absolute Gasteiger partial charge is 0.244 e. The first-order valence-electron chi connectivity index (χ1n) is 8.89. The van der Waals surface area contributed by atoms with Gasteiger partial charge < -0.3 is 14.5 Å². The van der Waals surface area contributed by atoms with Crippen molar-refractivity contribution in [3.05, 3.63) is 40.2 Å². The Morgan fingerprint density at radius 1 is 1.26 bits per heavy atom. The number of hydrogen-bond acceptors (Lipinski definition) is 4. The minimum atomic E-state index is -0.737. The number of nitrogens with zero attached hydrogens (tertiary/aromatic N) is 4. The van der Waals surface area contributed by atoms with E-state index in [1.165, 1.54) is 10.2 Å². The van der Waals surface area contributed by atoms with Gasteiger partial charge in [-0.1, -0.05) is 17.7 Å². The van der Waals surface area contributed by atoms with Crippen LogP contribution in [-0.2, 0) is 18.0 Å². The maximum absolute atomic E-state index is 12.9. The number of halogens is 2. The lowest BCUT2D eigenvalue weighted by molar-refractivity contribution is -0.132. The van der Waals surface area contributed by atoms with Gasteiger partial charge in [-0.2, -0.15) is 5.10 Å². The van der Waals surface area contributed by atoms with Crippen LogP contribution in [0, 0.1) is 13.8 Å². The standard InChI is InChI=1S/C19H24ClFN4O2/c1-13-4-5-15(27-3)10-17(13)23-6-8-24(9-7-23)18(26)12-25-14(2)19(20)16(11-21)22-25/h4-5,10H,6-9,11-12H2,1-3H3. The molecule has 1 aliphatic heterocycles. The van der Waals surface area contributed by atoms with Crippen LogP contribution in [0.1, 0.15) is 17.0 Å². The summed E-state index contributed by atoms with van der Waals surface area (Å²) >= 11 is 6.04. The van der Waals surface area contributed by atoms with Gasteiger partial charge in [-0.3, -0.25) is 9.48 Å². The van der Waals surface area contributed by atoms with Crippen LogP contribution in [0.5, 0.6) is 5.75 Å². The molecule has 1 amide bonds. The summed E-state index contributed by atoms with van der Waals surface area (Å²) in [7, 11) is 1.66. The number of rotatable bonds is 5. The lowest BCUT2D eigenvalue weighted by atomic mass is 10.1. The Morgan fingerprint density at radius 2 is 1.96 bits per heavy atom. The van der Waals surface area contributed by atoms with E-state index < -0.39 is 6.67 Å². The van der Waals surface area contributed by atoms with Crippen molar-refractivity contribution in [2.45, 2.75) is 27.1 Å². The second-order valence-electron chi connectivity index (χ2n) is 6.66. The molecule has 27 heavy (non-hydrogen) atoms. The fraction of sp³-hybridized carbons (Fsp3) is 0.474. The molecule has 2 heterocycles. The van der Waals surface area contributed by atoms with Crippen LogP contribution in [0.4, 0.5) is 10.1 Å². The van der Waals surface area contributed by atoms with Crippen LogP contribution in [0.15, 0.2) is 18.2 Å². The summed E-state index contributed by atoms with van der Waals surface area (Å²) in [6, 6.07) is 6.01. The van der Waals surface area contributed by atoms with E-state index in [1.54, 1.807) is 14.0 Å². The van der Waals surface area contributed by atoms with Crippen molar-refractivity contribution in [1.82, 2.24) is 14.7 Å². The van der Waals surface area contributed by atoms with Gasteiger partial charge in [-0.15, -0.1) is 0 Å². The van der Waals surface area contributed by atoms with Crippen molar-refractivity contribution in [3.63, 3.8) is 0 Å². The van der Waals surface area contributed by atoms with Gasteiger partial charge in [0.15, 0.2) is 0 Å². The van der Waals surface area contributed by atoms with Crippen LogP contribution in [0.2, 0.25) is 5.02 Å². The number of benzene rings is 1. The molecule has 0 spiro atoms. The van der Waals surface area contributed by atoms with Gasteiger partial charge in [0, 0.05) is 37.9 Å². The number of methoxy groups -OCH3 is 1. The van der Waals surface area contributed by atoms with Crippen LogP contribution in [-0.4, -0.2) is 53.9 Å². The zero-order valence-corrected chi connectivity index (χ0v) is 16.6. The molecule has 0 bridgehead atoms. The SMILES string of the molecule is COc1ccc(C)c(N2CCN(C(=O)Cn3nc(CF)c(Cl)c3C)CC2)c1. The molecule has 0 atom stereocenters. The first-order valence-corrected chi connectivity index (χ1v) is 9.27. The number of carbonyl (C=O) groups excluding carboxylic acids is 1. The van der Waals surface area contributed by atoms with Crippen LogP contribution >= 0.6 is 11.6 Å². The van der Waals surface area contributed by atoms with Crippen molar-refractivity contribution in [2.75, 3.05) is 38.2 Å². The summed E-state index contributed by atoms with van der Waals surface area (Å²) in [4.78, 5) is 16.7. The zero-order valence-electron chi connectivity index (χ0n) is 15.8. The van der Waals surface area contributed by atoms with Crippen molar-refractivity contribution in [3.8, 4) is 5.75 Å². The van der Waals surface area contributed by atoms with Gasteiger partial charge in [0.1, 0.15) is 24.7 Å². The van der Waals surface area contributed by atoms with Crippen molar-refractivity contribution >= 4 is 23.2 Å². The highest BCUT2D eigenvalue weighted by Gasteiger charge is 2.24. The summed E-state index contributed by atoms with van der Waals surface area (Å²) < 4.78 is 19.7. The monoisotopic (exact) mass is 394 g/mol.